The molecule has 1 heterocycles. The highest BCUT2D eigenvalue weighted by molar-refractivity contribution is 6.08. The first kappa shape index (κ1) is 16.2. The maximum atomic E-state index is 12.7. The van der Waals surface area contributed by atoms with E-state index >= 15 is 0 Å². The highest BCUT2D eigenvalue weighted by Crippen LogP contribution is 2.49. The summed E-state index contributed by atoms with van der Waals surface area (Å²) >= 11 is 0. The predicted octanol–water partition coefficient (Wildman–Crippen LogP) is 1.83. The minimum absolute atomic E-state index is 0.0793. The van der Waals surface area contributed by atoms with Gasteiger partial charge in [0.1, 0.15) is 6.54 Å². The Kier molecular flexibility index (Phi) is 4.55. The van der Waals surface area contributed by atoms with E-state index in [1.165, 1.54) is 4.90 Å². The molecule has 0 spiro atoms. The standard InChI is InChI=1S/C18H26N2O3/c1-3-9-19(10-4-2)14(21)11-20-17(22)15-12-5-6-13(8-7-12)16(15)18(20)23/h5-6,12-13,15-16H,3-4,7-11H2,1-2H3. The van der Waals surface area contributed by atoms with Crippen LogP contribution >= 0.6 is 0 Å². The third-order valence-corrected chi connectivity index (χ3v) is 5.48. The molecular formula is C18H26N2O3. The van der Waals surface area contributed by atoms with E-state index in [-0.39, 0.29) is 47.9 Å². The van der Waals surface area contributed by atoms with E-state index in [1.54, 1.807) is 4.90 Å². The van der Waals surface area contributed by atoms with Gasteiger partial charge in [-0.3, -0.25) is 19.3 Å². The zero-order valence-electron chi connectivity index (χ0n) is 14.0. The molecule has 0 aromatic rings. The second kappa shape index (κ2) is 6.46. The summed E-state index contributed by atoms with van der Waals surface area (Å²) in [5.74, 6) is -0.419. The fraction of sp³-hybridized carbons (Fsp3) is 0.722. The molecule has 5 nitrogen and oxygen atoms in total. The van der Waals surface area contributed by atoms with Gasteiger partial charge < -0.3 is 4.90 Å². The van der Waals surface area contributed by atoms with Crippen LogP contribution in [-0.2, 0) is 14.4 Å². The van der Waals surface area contributed by atoms with E-state index < -0.39 is 0 Å². The molecule has 1 saturated carbocycles. The Labute approximate surface area is 137 Å². The van der Waals surface area contributed by atoms with Crippen LogP contribution in [0.2, 0.25) is 0 Å². The first-order valence-corrected chi connectivity index (χ1v) is 8.89. The maximum Gasteiger partial charge on any atom is 0.242 e. The fourth-order valence-corrected chi connectivity index (χ4v) is 4.43. The number of carbonyl (C=O) groups excluding carboxylic acids is 3. The highest BCUT2D eigenvalue weighted by atomic mass is 16.2. The largest absolute Gasteiger partial charge is 0.341 e. The van der Waals surface area contributed by atoms with Crippen molar-refractivity contribution in [1.29, 1.82) is 0 Å². The van der Waals surface area contributed by atoms with Crippen molar-refractivity contribution < 1.29 is 14.4 Å². The summed E-state index contributed by atoms with van der Waals surface area (Å²) in [4.78, 5) is 41.0. The molecule has 0 N–H and O–H groups in total. The van der Waals surface area contributed by atoms with Crippen LogP contribution in [0, 0.1) is 23.7 Å². The van der Waals surface area contributed by atoms with Crippen LogP contribution in [0.5, 0.6) is 0 Å². The van der Waals surface area contributed by atoms with Crippen LogP contribution in [0.1, 0.15) is 39.5 Å². The van der Waals surface area contributed by atoms with Crippen molar-refractivity contribution in [3.05, 3.63) is 12.2 Å². The van der Waals surface area contributed by atoms with Crippen molar-refractivity contribution in [2.24, 2.45) is 23.7 Å². The molecule has 126 valence electrons. The molecule has 4 unspecified atom stereocenters. The molecule has 0 radical (unpaired) electrons. The van der Waals surface area contributed by atoms with E-state index in [2.05, 4.69) is 12.2 Å². The van der Waals surface area contributed by atoms with Crippen molar-refractivity contribution in [1.82, 2.24) is 9.80 Å². The number of carbonyl (C=O) groups is 3. The zero-order chi connectivity index (χ0) is 16.6. The van der Waals surface area contributed by atoms with Gasteiger partial charge in [0.05, 0.1) is 11.8 Å². The molecule has 2 fully saturated rings. The summed E-state index contributed by atoms with van der Waals surface area (Å²) in [5, 5.41) is 0. The third kappa shape index (κ3) is 2.70. The number of rotatable bonds is 6. The number of hydrogen-bond acceptors (Lipinski definition) is 3. The first-order chi connectivity index (χ1) is 11.1. The highest BCUT2D eigenvalue weighted by Gasteiger charge is 2.56. The topological polar surface area (TPSA) is 57.7 Å². The van der Waals surface area contributed by atoms with Gasteiger partial charge in [0.25, 0.3) is 0 Å². The monoisotopic (exact) mass is 318 g/mol. The summed E-state index contributed by atoms with van der Waals surface area (Å²) in [6.45, 7) is 5.34. The maximum absolute atomic E-state index is 12.7. The van der Waals surface area contributed by atoms with Gasteiger partial charge in [-0.15, -0.1) is 0 Å². The number of allylic oxidation sites excluding steroid dienone is 2. The Bertz CT molecular complexity index is 504. The van der Waals surface area contributed by atoms with E-state index in [1.807, 2.05) is 13.8 Å². The van der Waals surface area contributed by atoms with Gasteiger partial charge in [-0.05, 0) is 37.5 Å². The van der Waals surface area contributed by atoms with Crippen molar-refractivity contribution in [3.63, 3.8) is 0 Å². The lowest BCUT2D eigenvalue weighted by molar-refractivity contribution is -0.146. The average Bonchev–Trinajstić information content (AvgIpc) is 2.83. The number of amides is 3. The molecule has 3 amide bonds. The molecule has 4 rings (SSSR count). The summed E-state index contributed by atoms with van der Waals surface area (Å²) in [6.07, 6.45) is 7.94. The molecule has 0 aromatic carbocycles. The Hall–Kier alpha value is -1.65. The molecule has 3 aliphatic carbocycles. The summed E-state index contributed by atoms with van der Waals surface area (Å²) < 4.78 is 0. The summed E-state index contributed by atoms with van der Waals surface area (Å²) in [6, 6.07) is 0. The number of fused-ring (bicyclic) bond motifs is 1. The molecule has 1 saturated heterocycles. The Morgan fingerprint density at radius 2 is 1.52 bits per heavy atom. The van der Waals surface area contributed by atoms with Gasteiger partial charge in [-0.1, -0.05) is 26.0 Å². The summed E-state index contributed by atoms with van der Waals surface area (Å²) in [5.41, 5.74) is 0. The summed E-state index contributed by atoms with van der Waals surface area (Å²) in [7, 11) is 0. The van der Waals surface area contributed by atoms with Crippen molar-refractivity contribution in [2.45, 2.75) is 39.5 Å². The molecular weight excluding hydrogens is 292 g/mol. The van der Waals surface area contributed by atoms with E-state index in [0.717, 1.165) is 25.7 Å². The first-order valence-electron chi connectivity index (χ1n) is 8.89. The number of nitrogens with zero attached hydrogens (tertiary/aromatic N) is 2. The van der Waals surface area contributed by atoms with Gasteiger partial charge in [-0.2, -0.15) is 0 Å². The average molecular weight is 318 g/mol. The lowest BCUT2D eigenvalue weighted by Crippen LogP contribution is -2.44. The third-order valence-electron chi connectivity index (χ3n) is 5.48. The Morgan fingerprint density at radius 1 is 1.04 bits per heavy atom. The van der Waals surface area contributed by atoms with Crippen molar-refractivity contribution in [3.8, 4) is 0 Å². The van der Waals surface area contributed by atoms with E-state index in [9.17, 15) is 14.4 Å². The second-order valence-electron chi connectivity index (χ2n) is 6.98. The molecule has 5 heteroatoms. The molecule has 2 bridgehead atoms. The Balaban J connectivity index is 1.73. The van der Waals surface area contributed by atoms with Crippen LogP contribution in [0.4, 0.5) is 0 Å². The number of likely N-dealkylation sites (tertiary alicyclic amines) is 1. The smallest absolute Gasteiger partial charge is 0.242 e. The number of hydrogen-bond donors (Lipinski definition) is 0. The van der Waals surface area contributed by atoms with E-state index in [0.29, 0.717) is 13.1 Å². The molecule has 23 heavy (non-hydrogen) atoms. The Morgan fingerprint density at radius 3 is 1.91 bits per heavy atom. The molecule has 4 atom stereocenters. The van der Waals surface area contributed by atoms with Crippen LogP contribution in [0.15, 0.2) is 12.2 Å². The molecule has 4 aliphatic rings. The van der Waals surface area contributed by atoms with Crippen LogP contribution in [0.3, 0.4) is 0 Å². The second-order valence-corrected chi connectivity index (χ2v) is 6.98. The molecule has 1 aliphatic heterocycles. The van der Waals surface area contributed by atoms with Gasteiger partial charge >= 0.3 is 0 Å². The van der Waals surface area contributed by atoms with Crippen LogP contribution in [0.25, 0.3) is 0 Å². The van der Waals surface area contributed by atoms with Gasteiger partial charge in [-0.25, -0.2) is 0 Å². The van der Waals surface area contributed by atoms with Crippen LogP contribution < -0.4 is 0 Å². The lowest BCUT2D eigenvalue weighted by Gasteiger charge is -2.38. The van der Waals surface area contributed by atoms with Gasteiger partial charge in [0.2, 0.25) is 17.7 Å². The van der Waals surface area contributed by atoms with E-state index in [4.69, 9.17) is 0 Å². The van der Waals surface area contributed by atoms with Crippen molar-refractivity contribution >= 4 is 17.7 Å². The van der Waals surface area contributed by atoms with Crippen LogP contribution in [-0.4, -0.2) is 47.2 Å². The minimum Gasteiger partial charge on any atom is -0.341 e. The lowest BCUT2D eigenvalue weighted by atomic mass is 9.63. The minimum atomic E-state index is -0.218. The van der Waals surface area contributed by atoms with Gasteiger partial charge in [0, 0.05) is 13.1 Å². The SMILES string of the molecule is CCCN(CCC)C(=O)CN1C(=O)C2C3C=CC(CC3)C2C1=O. The van der Waals surface area contributed by atoms with Gasteiger partial charge in [0.15, 0.2) is 0 Å². The molecule has 0 aromatic heterocycles. The quantitative estimate of drug-likeness (QED) is 0.554. The zero-order valence-corrected chi connectivity index (χ0v) is 14.0. The number of imide groups is 1. The predicted molar refractivity (Wildman–Crippen MR) is 86.2 cm³/mol. The van der Waals surface area contributed by atoms with Crippen molar-refractivity contribution in [2.75, 3.05) is 19.6 Å². The fourth-order valence-electron chi connectivity index (χ4n) is 4.43. The normalized spacial score (nSPS) is 31.7.